The van der Waals surface area contributed by atoms with Gasteiger partial charge in [-0.1, -0.05) is 35.9 Å². The number of anilines is 1. The van der Waals surface area contributed by atoms with E-state index < -0.39 is 0 Å². The van der Waals surface area contributed by atoms with Gasteiger partial charge >= 0.3 is 0 Å². The first-order valence-electron chi connectivity index (χ1n) is 6.88. The SMILES string of the molecule is Cc1ccc(NC(CN)c2coc3ccccc23)cc1Cl. The van der Waals surface area contributed by atoms with Gasteiger partial charge in [-0.2, -0.15) is 0 Å². The molecule has 1 heterocycles. The highest BCUT2D eigenvalue weighted by Crippen LogP contribution is 2.29. The summed E-state index contributed by atoms with van der Waals surface area (Å²) in [5.41, 5.74) is 9.87. The Balaban J connectivity index is 1.93. The molecule has 108 valence electrons. The van der Waals surface area contributed by atoms with Crippen LogP contribution in [0, 0.1) is 6.92 Å². The smallest absolute Gasteiger partial charge is 0.134 e. The van der Waals surface area contributed by atoms with Crippen molar-refractivity contribution in [1.29, 1.82) is 0 Å². The first-order chi connectivity index (χ1) is 10.2. The molecule has 0 bridgehead atoms. The van der Waals surface area contributed by atoms with E-state index in [0.29, 0.717) is 6.54 Å². The summed E-state index contributed by atoms with van der Waals surface area (Å²) in [4.78, 5) is 0. The van der Waals surface area contributed by atoms with E-state index in [4.69, 9.17) is 21.8 Å². The van der Waals surface area contributed by atoms with Crippen LogP contribution in [0.15, 0.2) is 53.1 Å². The number of furan rings is 1. The Morgan fingerprint density at radius 2 is 2.05 bits per heavy atom. The maximum absolute atomic E-state index is 6.17. The first kappa shape index (κ1) is 14.0. The van der Waals surface area contributed by atoms with E-state index in [9.17, 15) is 0 Å². The fraction of sp³-hybridized carbons (Fsp3) is 0.176. The van der Waals surface area contributed by atoms with Crippen LogP contribution in [-0.2, 0) is 0 Å². The van der Waals surface area contributed by atoms with Gasteiger partial charge < -0.3 is 15.5 Å². The fourth-order valence-electron chi connectivity index (χ4n) is 2.42. The monoisotopic (exact) mass is 300 g/mol. The molecule has 3 nitrogen and oxygen atoms in total. The first-order valence-corrected chi connectivity index (χ1v) is 7.25. The molecule has 1 aromatic heterocycles. The molecule has 0 aliphatic rings. The van der Waals surface area contributed by atoms with Gasteiger partial charge in [-0.3, -0.25) is 0 Å². The summed E-state index contributed by atoms with van der Waals surface area (Å²) >= 11 is 6.17. The predicted octanol–water partition coefficient (Wildman–Crippen LogP) is 4.51. The molecule has 0 radical (unpaired) electrons. The molecule has 21 heavy (non-hydrogen) atoms. The molecule has 3 aromatic rings. The molecule has 1 unspecified atom stereocenters. The third-order valence-corrected chi connectivity index (χ3v) is 4.04. The van der Waals surface area contributed by atoms with Gasteiger partial charge in [0, 0.05) is 28.2 Å². The predicted molar refractivity (Wildman–Crippen MR) is 87.8 cm³/mol. The average Bonchev–Trinajstić information content (AvgIpc) is 2.92. The maximum Gasteiger partial charge on any atom is 0.134 e. The van der Waals surface area contributed by atoms with Gasteiger partial charge in [0.1, 0.15) is 5.58 Å². The zero-order chi connectivity index (χ0) is 14.8. The van der Waals surface area contributed by atoms with Gasteiger partial charge in [0.25, 0.3) is 0 Å². The highest BCUT2D eigenvalue weighted by molar-refractivity contribution is 6.31. The van der Waals surface area contributed by atoms with E-state index in [1.54, 1.807) is 6.26 Å². The quantitative estimate of drug-likeness (QED) is 0.745. The number of hydrogen-bond acceptors (Lipinski definition) is 3. The van der Waals surface area contributed by atoms with Crippen molar-refractivity contribution in [3.8, 4) is 0 Å². The molecule has 0 spiro atoms. The molecule has 0 amide bonds. The summed E-state index contributed by atoms with van der Waals surface area (Å²) in [5, 5.41) is 5.25. The fourth-order valence-corrected chi connectivity index (χ4v) is 2.60. The van der Waals surface area contributed by atoms with Gasteiger partial charge in [-0.05, 0) is 30.7 Å². The second-order valence-corrected chi connectivity index (χ2v) is 5.49. The Bertz CT molecular complexity index is 766. The van der Waals surface area contributed by atoms with Crippen molar-refractivity contribution >= 4 is 28.3 Å². The Morgan fingerprint density at radius 1 is 1.24 bits per heavy atom. The molecule has 1 atom stereocenters. The summed E-state index contributed by atoms with van der Waals surface area (Å²) in [6.07, 6.45) is 1.77. The molecule has 0 saturated heterocycles. The van der Waals surface area contributed by atoms with Crippen molar-refractivity contribution in [1.82, 2.24) is 0 Å². The molecule has 3 rings (SSSR count). The second-order valence-electron chi connectivity index (χ2n) is 5.08. The Labute approximate surface area is 128 Å². The number of nitrogens with one attached hydrogen (secondary N) is 1. The van der Waals surface area contributed by atoms with E-state index in [0.717, 1.165) is 32.8 Å². The maximum atomic E-state index is 6.17. The van der Waals surface area contributed by atoms with Crippen LogP contribution in [0.3, 0.4) is 0 Å². The van der Waals surface area contributed by atoms with Crippen LogP contribution in [0.5, 0.6) is 0 Å². The van der Waals surface area contributed by atoms with Crippen molar-refractivity contribution in [3.63, 3.8) is 0 Å². The standard InChI is InChI=1S/C17H17ClN2O/c1-11-6-7-12(8-15(11)18)20-16(9-19)14-10-21-17-5-3-2-4-13(14)17/h2-8,10,16,20H,9,19H2,1H3. The lowest BCUT2D eigenvalue weighted by Crippen LogP contribution is -2.20. The van der Waals surface area contributed by atoms with Crippen LogP contribution in [0.2, 0.25) is 5.02 Å². The third-order valence-electron chi connectivity index (χ3n) is 3.63. The van der Waals surface area contributed by atoms with E-state index >= 15 is 0 Å². The molecular weight excluding hydrogens is 284 g/mol. The Morgan fingerprint density at radius 3 is 2.81 bits per heavy atom. The normalized spacial score (nSPS) is 12.5. The summed E-state index contributed by atoms with van der Waals surface area (Å²) in [5.74, 6) is 0. The highest BCUT2D eigenvalue weighted by Gasteiger charge is 2.15. The molecule has 3 N–H and O–H groups in total. The lowest BCUT2D eigenvalue weighted by atomic mass is 10.1. The molecule has 0 aliphatic heterocycles. The molecule has 0 aliphatic carbocycles. The van der Waals surface area contributed by atoms with Crippen molar-refractivity contribution in [2.24, 2.45) is 5.73 Å². The number of hydrogen-bond donors (Lipinski definition) is 2. The Kier molecular flexibility index (Phi) is 3.86. The largest absolute Gasteiger partial charge is 0.464 e. The lowest BCUT2D eigenvalue weighted by Gasteiger charge is -2.18. The van der Waals surface area contributed by atoms with Gasteiger partial charge in [0.05, 0.1) is 12.3 Å². The zero-order valence-corrected chi connectivity index (χ0v) is 12.5. The van der Waals surface area contributed by atoms with Crippen LogP contribution < -0.4 is 11.1 Å². The van der Waals surface area contributed by atoms with Crippen molar-refractivity contribution in [2.75, 3.05) is 11.9 Å². The lowest BCUT2D eigenvalue weighted by molar-refractivity contribution is 0.605. The average molecular weight is 301 g/mol. The number of benzene rings is 2. The van der Waals surface area contributed by atoms with Gasteiger partial charge in [0.2, 0.25) is 0 Å². The van der Waals surface area contributed by atoms with E-state index in [2.05, 4.69) is 5.32 Å². The molecule has 0 saturated carbocycles. The van der Waals surface area contributed by atoms with Gasteiger partial charge in [-0.15, -0.1) is 0 Å². The van der Waals surface area contributed by atoms with Crippen LogP contribution in [-0.4, -0.2) is 6.54 Å². The number of rotatable bonds is 4. The summed E-state index contributed by atoms with van der Waals surface area (Å²) in [6.45, 7) is 2.45. The second kappa shape index (κ2) is 5.80. The topological polar surface area (TPSA) is 51.2 Å². The van der Waals surface area contributed by atoms with Crippen LogP contribution in [0.1, 0.15) is 17.2 Å². The van der Waals surface area contributed by atoms with Gasteiger partial charge in [0.15, 0.2) is 0 Å². The summed E-state index contributed by atoms with van der Waals surface area (Å²) < 4.78 is 5.59. The van der Waals surface area contributed by atoms with Crippen molar-refractivity contribution in [2.45, 2.75) is 13.0 Å². The van der Waals surface area contributed by atoms with E-state index in [1.165, 1.54) is 0 Å². The number of halogens is 1. The van der Waals surface area contributed by atoms with E-state index in [-0.39, 0.29) is 6.04 Å². The molecule has 2 aromatic carbocycles. The van der Waals surface area contributed by atoms with Crippen LogP contribution in [0.4, 0.5) is 5.69 Å². The number of para-hydroxylation sites is 1. The van der Waals surface area contributed by atoms with Gasteiger partial charge in [-0.25, -0.2) is 0 Å². The minimum absolute atomic E-state index is 0.0209. The molecule has 0 fully saturated rings. The van der Waals surface area contributed by atoms with Crippen molar-refractivity contribution < 1.29 is 4.42 Å². The highest BCUT2D eigenvalue weighted by atomic mass is 35.5. The minimum atomic E-state index is -0.0209. The van der Waals surface area contributed by atoms with Crippen LogP contribution in [0.25, 0.3) is 11.0 Å². The van der Waals surface area contributed by atoms with E-state index in [1.807, 2.05) is 49.4 Å². The van der Waals surface area contributed by atoms with Crippen molar-refractivity contribution in [3.05, 3.63) is 64.9 Å². The number of aryl methyl sites for hydroxylation is 1. The summed E-state index contributed by atoms with van der Waals surface area (Å²) in [6, 6.07) is 13.8. The molecule has 4 heteroatoms. The number of fused-ring (bicyclic) bond motifs is 1. The Hall–Kier alpha value is -1.97. The van der Waals surface area contributed by atoms with Crippen LogP contribution >= 0.6 is 11.6 Å². The molecular formula is C17H17ClN2O. The minimum Gasteiger partial charge on any atom is -0.464 e. The third kappa shape index (κ3) is 2.75. The summed E-state index contributed by atoms with van der Waals surface area (Å²) in [7, 11) is 0. The number of nitrogens with two attached hydrogens (primary N) is 1. The zero-order valence-electron chi connectivity index (χ0n) is 11.8.